The third kappa shape index (κ3) is 2.49. The molecule has 0 aromatic carbocycles. The molecule has 0 unspecified atom stereocenters. The first kappa shape index (κ1) is 8.47. The van der Waals surface area contributed by atoms with Crippen LogP contribution < -0.4 is 0 Å². The summed E-state index contributed by atoms with van der Waals surface area (Å²) in [6.45, 7) is 3.98. The Morgan fingerprint density at radius 3 is 2.00 bits per heavy atom. The van der Waals surface area contributed by atoms with Gasteiger partial charge in [-0.05, 0) is 12.8 Å². The number of carbonyl (C=O) groups is 1. The molecule has 0 spiro atoms. The summed E-state index contributed by atoms with van der Waals surface area (Å²) < 4.78 is 4.56. The molecule has 0 aliphatic carbocycles. The molecule has 0 aliphatic heterocycles. The summed E-state index contributed by atoms with van der Waals surface area (Å²) in [6, 6.07) is 0. The van der Waals surface area contributed by atoms with Crippen molar-refractivity contribution in [2.45, 2.75) is 26.7 Å². The predicted octanol–water partition coefficient (Wildman–Crippen LogP) is 1.60. The number of esters is 1. The van der Waals surface area contributed by atoms with Crippen LogP contribution in [-0.2, 0) is 9.53 Å². The van der Waals surface area contributed by atoms with Gasteiger partial charge in [0.15, 0.2) is 0 Å². The molecule has 0 N–H and O–H groups in total. The van der Waals surface area contributed by atoms with Crippen LogP contribution in [0.25, 0.3) is 0 Å². The monoisotopic (exact) mass is 130 g/mol. The van der Waals surface area contributed by atoms with E-state index in [0.717, 1.165) is 12.8 Å². The molecule has 54 valence electrons. The minimum atomic E-state index is -0.0833. The quantitative estimate of drug-likeness (QED) is 0.542. The molecule has 0 aromatic heterocycles. The van der Waals surface area contributed by atoms with Gasteiger partial charge in [-0.3, -0.25) is 4.79 Å². The molecule has 0 aliphatic rings. The highest BCUT2D eigenvalue weighted by atomic mass is 16.5. The average Bonchev–Trinajstić information content (AvgIpc) is 1.90. The maximum absolute atomic E-state index is 10.8. The number of hydrogen-bond donors (Lipinski definition) is 0. The van der Waals surface area contributed by atoms with E-state index in [0.29, 0.717) is 0 Å². The van der Waals surface area contributed by atoms with Crippen molar-refractivity contribution in [3.05, 3.63) is 0 Å². The second-order valence-corrected chi connectivity index (χ2v) is 2.04. The van der Waals surface area contributed by atoms with Gasteiger partial charge in [-0.25, -0.2) is 0 Å². The lowest BCUT2D eigenvalue weighted by atomic mass is 10.0. The molecule has 0 atom stereocenters. The lowest BCUT2D eigenvalue weighted by molar-refractivity contribution is -0.145. The van der Waals surface area contributed by atoms with E-state index in [9.17, 15) is 4.79 Å². The molecule has 2 heteroatoms. The first-order valence-electron chi connectivity index (χ1n) is 3.34. The van der Waals surface area contributed by atoms with Gasteiger partial charge in [-0.1, -0.05) is 13.8 Å². The fourth-order valence-electron chi connectivity index (χ4n) is 0.789. The van der Waals surface area contributed by atoms with Crippen molar-refractivity contribution >= 4 is 5.97 Å². The summed E-state index contributed by atoms with van der Waals surface area (Å²) in [5.74, 6) is 0.0231. The summed E-state index contributed by atoms with van der Waals surface area (Å²) in [6.07, 6.45) is 1.76. The van der Waals surface area contributed by atoms with Crippen LogP contribution in [0.15, 0.2) is 0 Å². The molecule has 0 saturated heterocycles. The number of ether oxygens (including phenoxy) is 1. The molecule has 0 amide bonds. The fourth-order valence-corrected chi connectivity index (χ4v) is 0.789. The number of methoxy groups -OCH3 is 1. The van der Waals surface area contributed by atoms with E-state index < -0.39 is 0 Å². The van der Waals surface area contributed by atoms with Crippen molar-refractivity contribution < 1.29 is 9.53 Å². The molecule has 0 rings (SSSR count). The van der Waals surface area contributed by atoms with Crippen LogP contribution in [-0.4, -0.2) is 13.1 Å². The van der Waals surface area contributed by atoms with Crippen molar-refractivity contribution in [1.82, 2.24) is 0 Å². The van der Waals surface area contributed by atoms with E-state index in [2.05, 4.69) is 4.74 Å². The van der Waals surface area contributed by atoms with Gasteiger partial charge in [-0.15, -0.1) is 0 Å². The van der Waals surface area contributed by atoms with Gasteiger partial charge in [-0.2, -0.15) is 0 Å². The summed E-state index contributed by atoms with van der Waals surface area (Å²) in [4.78, 5) is 10.8. The van der Waals surface area contributed by atoms with E-state index >= 15 is 0 Å². The van der Waals surface area contributed by atoms with Crippen LogP contribution in [0.1, 0.15) is 26.7 Å². The summed E-state index contributed by atoms with van der Waals surface area (Å²) >= 11 is 0. The van der Waals surface area contributed by atoms with Gasteiger partial charge in [0, 0.05) is 0 Å². The Kier molecular flexibility index (Phi) is 4.10. The molecular weight excluding hydrogens is 116 g/mol. The van der Waals surface area contributed by atoms with Crippen molar-refractivity contribution in [3.63, 3.8) is 0 Å². The topological polar surface area (TPSA) is 26.3 Å². The molecule has 2 nitrogen and oxygen atoms in total. The third-order valence-electron chi connectivity index (χ3n) is 1.52. The Balaban J connectivity index is 3.64. The third-order valence-corrected chi connectivity index (χ3v) is 1.52. The zero-order valence-corrected chi connectivity index (χ0v) is 6.31. The summed E-state index contributed by atoms with van der Waals surface area (Å²) in [7, 11) is 1.43. The van der Waals surface area contributed by atoms with Crippen LogP contribution >= 0.6 is 0 Å². The zero-order valence-electron chi connectivity index (χ0n) is 6.31. The Morgan fingerprint density at radius 1 is 1.44 bits per heavy atom. The van der Waals surface area contributed by atoms with Crippen LogP contribution in [0.3, 0.4) is 0 Å². The number of rotatable bonds is 3. The first-order valence-corrected chi connectivity index (χ1v) is 3.34. The second-order valence-electron chi connectivity index (χ2n) is 2.04. The number of hydrogen-bond acceptors (Lipinski definition) is 2. The smallest absolute Gasteiger partial charge is 0.308 e. The van der Waals surface area contributed by atoms with E-state index in [1.165, 1.54) is 7.11 Å². The highest BCUT2D eigenvalue weighted by molar-refractivity contribution is 5.71. The highest BCUT2D eigenvalue weighted by Crippen LogP contribution is 2.08. The highest BCUT2D eigenvalue weighted by Gasteiger charge is 2.12. The Bertz CT molecular complexity index is 84.9. The van der Waals surface area contributed by atoms with Gasteiger partial charge in [0.2, 0.25) is 0 Å². The summed E-state index contributed by atoms with van der Waals surface area (Å²) in [5.41, 5.74) is 0. The lowest BCUT2D eigenvalue weighted by Crippen LogP contribution is -2.13. The molecule has 0 radical (unpaired) electrons. The molecule has 0 aromatic rings. The van der Waals surface area contributed by atoms with E-state index in [4.69, 9.17) is 0 Å². The SMILES string of the molecule is CCC(CC)C(=O)OC. The predicted molar refractivity (Wildman–Crippen MR) is 36.1 cm³/mol. The van der Waals surface area contributed by atoms with E-state index in [-0.39, 0.29) is 11.9 Å². The molecule has 9 heavy (non-hydrogen) atoms. The van der Waals surface area contributed by atoms with Gasteiger partial charge in [0.25, 0.3) is 0 Å². The molecule has 0 bridgehead atoms. The van der Waals surface area contributed by atoms with Crippen molar-refractivity contribution in [2.75, 3.05) is 7.11 Å². The zero-order chi connectivity index (χ0) is 7.28. The number of carbonyl (C=O) groups excluding carboxylic acids is 1. The standard InChI is InChI=1S/C7H14O2/c1-4-6(5-2)7(8)9-3/h6H,4-5H2,1-3H3. The Labute approximate surface area is 56.2 Å². The summed E-state index contributed by atoms with van der Waals surface area (Å²) in [5, 5.41) is 0. The van der Waals surface area contributed by atoms with Crippen molar-refractivity contribution in [3.8, 4) is 0 Å². The van der Waals surface area contributed by atoms with Crippen molar-refractivity contribution in [2.24, 2.45) is 5.92 Å². The maximum Gasteiger partial charge on any atom is 0.308 e. The Hall–Kier alpha value is -0.530. The fraction of sp³-hybridized carbons (Fsp3) is 0.857. The van der Waals surface area contributed by atoms with E-state index in [1.807, 2.05) is 13.8 Å². The first-order chi connectivity index (χ1) is 4.26. The van der Waals surface area contributed by atoms with Gasteiger partial charge in [0.05, 0.1) is 13.0 Å². The van der Waals surface area contributed by atoms with Gasteiger partial charge >= 0.3 is 5.97 Å². The lowest BCUT2D eigenvalue weighted by Gasteiger charge is -2.07. The van der Waals surface area contributed by atoms with E-state index in [1.54, 1.807) is 0 Å². The van der Waals surface area contributed by atoms with Crippen LogP contribution in [0.2, 0.25) is 0 Å². The Morgan fingerprint density at radius 2 is 1.89 bits per heavy atom. The molecule has 0 fully saturated rings. The minimum Gasteiger partial charge on any atom is -0.469 e. The normalized spacial score (nSPS) is 9.78. The van der Waals surface area contributed by atoms with Crippen LogP contribution in [0.5, 0.6) is 0 Å². The molecule has 0 saturated carbocycles. The van der Waals surface area contributed by atoms with Crippen LogP contribution in [0.4, 0.5) is 0 Å². The van der Waals surface area contributed by atoms with Crippen LogP contribution in [0, 0.1) is 5.92 Å². The molecule has 0 heterocycles. The second kappa shape index (κ2) is 4.36. The van der Waals surface area contributed by atoms with Crippen molar-refractivity contribution in [1.29, 1.82) is 0 Å². The average molecular weight is 130 g/mol. The van der Waals surface area contributed by atoms with Gasteiger partial charge in [0.1, 0.15) is 0 Å². The molecular formula is C7H14O2. The largest absolute Gasteiger partial charge is 0.469 e. The minimum absolute atomic E-state index is 0.0833. The van der Waals surface area contributed by atoms with Gasteiger partial charge < -0.3 is 4.74 Å². The maximum atomic E-state index is 10.8.